The van der Waals surface area contributed by atoms with Crippen LogP contribution in [0.2, 0.25) is 0 Å². The molecule has 0 aliphatic carbocycles. The van der Waals surface area contributed by atoms with Gasteiger partial charge in [-0.2, -0.15) is 0 Å². The largest absolute Gasteiger partial charge is 0.377 e. The predicted molar refractivity (Wildman–Crippen MR) is 59.8 cm³/mol. The molecule has 0 aliphatic rings. The zero-order valence-electron chi connectivity index (χ0n) is 9.20. The highest BCUT2D eigenvalue weighted by Gasteiger charge is 2.28. The van der Waals surface area contributed by atoms with E-state index in [4.69, 9.17) is 4.74 Å². The second-order valence-corrected chi connectivity index (χ2v) is 4.79. The number of nitrogens with zero attached hydrogens (tertiary/aromatic N) is 1. The molecule has 0 radical (unpaired) electrons. The minimum Gasteiger partial charge on any atom is -0.377 e. The molecule has 0 saturated heterocycles. The fourth-order valence-corrected chi connectivity index (χ4v) is 2.02. The van der Waals surface area contributed by atoms with E-state index in [0.29, 0.717) is 6.04 Å². The molecular formula is C10H18N2OS. The van der Waals surface area contributed by atoms with Gasteiger partial charge in [0.25, 0.3) is 0 Å². The third-order valence-electron chi connectivity index (χ3n) is 2.60. The summed E-state index contributed by atoms with van der Waals surface area (Å²) >= 11 is 1.69. The van der Waals surface area contributed by atoms with Crippen molar-refractivity contribution in [3.8, 4) is 0 Å². The third kappa shape index (κ3) is 2.77. The van der Waals surface area contributed by atoms with Crippen LogP contribution >= 0.6 is 11.3 Å². The fourth-order valence-electron chi connectivity index (χ4n) is 1.38. The second-order valence-electron chi connectivity index (χ2n) is 3.82. The molecule has 1 rings (SSSR count). The fraction of sp³-hybridized carbons (Fsp3) is 0.700. The van der Waals surface area contributed by atoms with Gasteiger partial charge in [0, 0.05) is 30.6 Å². The molecule has 1 aromatic rings. The van der Waals surface area contributed by atoms with Gasteiger partial charge in [-0.05, 0) is 20.9 Å². The molecule has 0 saturated carbocycles. The Morgan fingerprint density at radius 1 is 1.64 bits per heavy atom. The van der Waals surface area contributed by atoms with Crippen LogP contribution < -0.4 is 5.32 Å². The Bertz CT molecular complexity index is 259. The first kappa shape index (κ1) is 11.6. The summed E-state index contributed by atoms with van der Waals surface area (Å²) in [5, 5.41) is 3.29. The first-order valence-corrected chi connectivity index (χ1v) is 5.58. The molecule has 3 nitrogen and oxygen atoms in total. The lowest BCUT2D eigenvalue weighted by Crippen LogP contribution is -2.47. The van der Waals surface area contributed by atoms with Gasteiger partial charge in [-0.3, -0.25) is 4.98 Å². The van der Waals surface area contributed by atoms with Crippen LogP contribution in [-0.2, 0) is 11.2 Å². The van der Waals surface area contributed by atoms with Crippen LogP contribution in [0.3, 0.4) is 0 Å². The van der Waals surface area contributed by atoms with Gasteiger partial charge < -0.3 is 10.1 Å². The van der Waals surface area contributed by atoms with E-state index < -0.39 is 0 Å². The van der Waals surface area contributed by atoms with E-state index in [1.807, 2.05) is 18.8 Å². The number of likely N-dealkylation sites (N-methyl/N-ethyl adjacent to an activating group) is 1. The lowest BCUT2D eigenvalue weighted by Gasteiger charge is -2.32. The maximum absolute atomic E-state index is 5.46. The summed E-state index contributed by atoms with van der Waals surface area (Å²) in [7, 11) is 3.71. The summed E-state index contributed by atoms with van der Waals surface area (Å²) in [4.78, 5) is 5.35. The van der Waals surface area contributed by atoms with E-state index in [0.717, 1.165) is 6.42 Å². The Labute approximate surface area is 89.5 Å². The number of hydrogen-bond acceptors (Lipinski definition) is 4. The highest BCUT2D eigenvalue weighted by atomic mass is 32.1. The number of ether oxygens (including phenoxy) is 1. The van der Waals surface area contributed by atoms with E-state index in [-0.39, 0.29) is 5.60 Å². The van der Waals surface area contributed by atoms with Gasteiger partial charge in [0.05, 0.1) is 11.1 Å². The van der Waals surface area contributed by atoms with E-state index in [1.54, 1.807) is 18.4 Å². The van der Waals surface area contributed by atoms with E-state index in [2.05, 4.69) is 24.1 Å². The Morgan fingerprint density at radius 3 is 2.79 bits per heavy atom. The summed E-state index contributed by atoms with van der Waals surface area (Å²) in [5.74, 6) is 0. The molecule has 1 N–H and O–H groups in total. The normalized spacial score (nSPS) is 14.3. The van der Waals surface area contributed by atoms with Crippen molar-refractivity contribution in [2.24, 2.45) is 0 Å². The van der Waals surface area contributed by atoms with Crippen LogP contribution in [0.5, 0.6) is 0 Å². The summed E-state index contributed by atoms with van der Waals surface area (Å²) < 4.78 is 5.46. The lowest BCUT2D eigenvalue weighted by atomic mass is 9.95. The zero-order valence-corrected chi connectivity index (χ0v) is 10.0. The second kappa shape index (κ2) is 4.87. The molecule has 1 atom stereocenters. The maximum atomic E-state index is 5.46. The van der Waals surface area contributed by atoms with Crippen LogP contribution in [0.25, 0.3) is 0 Å². The zero-order chi connectivity index (χ0) is 10.6. The molecule has 0 fully saturated rings. The van der Waals surface area contributed by atoms with Crippen molar-refractivity contribution in [1.29, 1.82) is 0 Å². The molecule has 1 heterocycles. The number of aromatic nitrogens is 1. The third-order valence-corrected chi connectivity index (χ3v) is 3.40. The van der Waals surface area contributed by atoms with Crippen molar-refractivity contribution in [2.75, 3.05) is 14.2 Å². The van der Waals surface area contributed by atoms with Gasteiger partial charge in [0.1, 0.15) is 0 Å². The topological polar surface area (TPSA) is 34.2 Å². The van der Waals surface area contributed by atoms with Crippen molar-refractivity contribution in [2.45, 2.75) is 31.9 Å². The van der Waals surface area contributed by atoms with E-state index in [9.17, 15) is 0 Å². The van der Waals surface area contributed by atoms with Gasteiger partial charge in [0.15, 0.2) is 0 Å². The molecular weight excluding hydrogens is 196 g/mol. The van der Waals surface area contributed by atoms with Gasteiger partial charge in [0.2, 0.25) is 0 Å². The molecule has 80 valence electrons. The summed E-state index contributed by atoms with van der Waals surface area (Å²) in [6, 6.07) is 0.313. The Morgan fingerprint density at radius 2 is 2.36 bits per heavy atom. The van der Waals surface area contributed by atoms with Crippen LogP contribution in [0.4, 0.5) is 0 Å². The Hall–Kier alpha value is -0.450. The van der Waals surface area contributed by atoms with Gasteiger partial charge in [-0.25, -0.2) is 0 Å². The molecule has 14 heavy (non-hydrogen) atoms. The van der Waals surface area contributed by atoms with Crippen LogP contribution in [0.1, 0.15) is 18.7 Å². The molecule has 0 spiro atoms. The maximum Gasteiger partial charge on any atom is 0.0794 e. The SMILES string of the molecule is CNC(Cc1cncs1)C(C)(C)OC. The van der Waals surface area contributed by atoms with Crippen LogP contribution in [0.15, 0.2) is 11.7 Å². The predicted octanol–water partition coefficient (Wildman–Crippen LogP) is 1.70. The molecule has 0 aliphatic heterocycles. The molecule has 1 unspecified atom stereocenters. The summed E-state index contributed by atoms with van der Waals surface area (Å²) in [6.45, 7) is 4.18. The number of thiazole rings is 1. The van der Waals surface area contributed by atoms with E-state index >= 15 is 0 Å². The van der Waals surface area contributed by atoms with Crippen molar-refractivity contribution < 1.29 is 4.74 Å². The molecule has 0 bridgehead atoms. The molecule has 1 aromatic heterocycles. The van der Waals surface area contributed by atoms with E-state index in [1.165, 1.54) is 4.88 Å². The number of hydrogen-bond donors (Lipinski definition) is 1. The molecule has 0 aromatic carbocycles. The highest BCUT2D eigenvalue weighted by molar-refractivity contribution is 7.09. The minimum atomic E-state index is -0.154. The summed E-state index contributed by atoms with van der Waals surface area (Å²) in [6.07, 6.45) is 2.88. The monoisotopic (exact) mass is 214 g/mol. The minimum absolute atomic E-state index is 0.154. The van der Waals surface area contributed by atoms with Crippen molar-refractivity contribution in [3.05, 3.63) is 16.6 Å². The average Bonchev–Trinajstić information content (AvgIpc) is 2.66. The smallest absolute Gasteiger partial charge is 0.0794 e. The van der Waals surface area contributed by atoms with Gasteiger partial charge in [-0.1, -0.05) is 0 Å². The quantitative estimate of drug-likeness (QED) is 0.810. The van der Waals surface area contributed by atoms with Gasteiger partial charge in [-0.15, -0.1) is 11.3 Å². The highest BCUT2D eigenvalue weighted by Crippen LogP contribution is 2.19. The standard InChI is InChI=1S/C10H18N2OS/c1-10(2,13-4)9(11-3)5-8-6-12-7-14-8/h6-7,9,11H,5H2,1-4H3. The van der Waals surface area contributed by atoms with Crippen molar-refractivity contribution in [3.63, 3.8) is 0 Å². The summed E-state index contributed by atoms with van der Waals surface area (Å²) in [5.41, 5.74) is 1.71. The number of rotatable bonds is 5. The average molecular weight is 214 g/mol. The lowest BCUT2D eigenvalue weighted by molar-refractivity contribution is -0.00777. The number of methoxy groups -OCH3 is 1. The van der Waals surface area contributed by atoms with Crippen LogP contribution in [0, 0.1) is 0 Å². The Balaban J connectivity index is 2.64. The first-order valence-electron chi connectivity index (χ1n) is 4.70. The first-order chi connectivity index (χ1) is 6.60. The van der Waals surface area contributed by atoms with Crippen molar-refractivity contribution >= 4 is 11.3 Å². The number of nitrogens with one attached hydrogen (secondary N) is 1. The molecule has 4 heteroatoms. The Kier molecular flexibility index (Phi) is 4.04. The van der Waals surface area contributed by atoms with Gasteiger partial charge >= 0.3 is 0 Å². The van der Waals surface area contributed by atoms with Crippen LogP contribution in [-0.4, -0.2) is 30.8 Å². The van der Waals surface area contributed by atoms with Crippen molar-refractivity contribution in [1.82, 2.24) is 10.3 Å². The molecule has 0 amide bonds.